The minimum absolute atomic E-state index is 0.345. The summed E-state index contributed by atoms with van der Waals surface area (Å²) in [6.45, 7) is 4.29. The Hall–Kier alpha value is -1.02. The first-order valence-electron chi connectivity index (χ1n) is 13.3. The fourth-order valence-electron chi connectivity index (χ4n) is 4.17. The van der Waals surface area contributed by atoms with Crippen molar-refractivity contribution >= 4 is 0 Å². The summed E-state index contributed by atoms with van der Waals surface area (Å²) in [5, 5.41) is 12.8. The summed E-state index contributed by atoms with van der Waals surface area (Å²) in [5.41, 5.74) is 1.24. The molecule has 0 heterocycles. The van der Waals surface area contributed by atoms with Crippen LogP contribution in [-0.4, -0.2) is 11.7 Å². The normalized spacial score (nSPS) is 11.2. The van der Waals surface area contributed by atoms with Crippen molar-refractivity contribution in [2.45, 2.75) is 135 Å². The Morgan fingerprint density at radius 3 is 1.30 bits per heavy atom. The van der Waals surface area contributed by atoms with E-state index in [1.807, 2.05) is 12.1 Å². The predicted molar refractivity (Wildman–Crippen MR) is 133 cm³/mol. The first kappa shape index (κ1) is 27.0. The van der Waals surface area contributed by atoms with E-state index in [2.05, 4.69) is 12.2 Å². The van der Waals surface area contributed by atoms with Gasteiger partial charge in [0.15, 0.2) is 0 Å². The molecule has 2 N–H and O–H groups in total. The molecule has 174 valence electrons. The molecule has 0 aliphatic carbocycles. The third kappa shape index (κ3) is 17.8. The van der Waals surface area contributed by atoms with Crippen LogP contribution in [-0.2, 0) is 6.54 Å². The number of hydrogen-bond donors (Lipinski definition) is 2. The Balaban J connectivity index is 1.68. The number of unbranched alkanes of at least 4 members (excludes halogenated alkanes) is 18. The predicted octanol–water partition coefficient (Wildman–Crippen LogP) is 8.91. The lowest BCUT2D eigenvalue weighted by molar-refractivity contribution is 0.475. The number of phenols is 1. The van der Waals surface area contributed by atoms with Gasteiger partial charge in [0, 0.05) is 6.54 Å². The summed E-state index contributed by atoms with van der Waals surface area (Å²) in [4.78, 5) is 0. The maximum absolute atomic E-state index is 9.28. The van der Waals surface area contributed by atoms with Gasteiger partial charge in [-0.1, -0.05) is 135 Å². The molecule has 0 atom stereocenters. The van der Waals surface area contributed by atoms with Crippen LogP contribution in [0.5, 0.6) is 5.75 Å². The highest BCUT2D eigenvalue weighted by molar-refractivity contribution is 5.25. The summed E-state index contributed by atoms with van der Waals surface area (Å²) in [5.74, 6) is 0.345. The zero-order valence-electron chi connectivity index (χ0n) is 20.1. The summed E-state index contributed by atoms with van der Waals surface area (Å²) in [6.07, 6.45) is 27.2. The molecule has 0 aromatic heterocycles. The van der Waals surface area contributed by atoms with E-state index in [0.29, 0.717) is 5.75 Å². The largest absolute Gasteiger partial charge is 0.508 e. The molecule has 0 saturated carbocycles. The van der Waals surface area contributed by atoms with Gasteiger partial charge < -0.3 is 10.4 Å². The highest BCUT2D eigenvalue weighted by atomic mass is 16.3. The van der Waals surface area contributed by atoms with Crippen molar-refractivity contribution in [3.05, 3.63) is 29.8 Å². The second-order valence-corrected chi connectivity index (χ2v) is 9.21. The second-order valence-electron chi connectivity index (χ2n) is 9.21. The van der Waals surface area contributed by atoms with Gasteiger partial charge in [-0.2, -0.15) is 0 Å². The molecule has 1 rings (SSSR count). The molecular formula is C28H51NO. The smallest absolute Gasteiger partial charge is 0.115 e. The van der Waals surface area contributed by atoms with Crippen LogP contribution in [0.15, 0.2) is 24.3 Å². The quantitative estimate of drug-likeness (QED) is 0.185. The summed E-state index contributed by atoms with van der Waals surface area (Å²) in [6, 6.07) is 7.49. The van der Waals surface area contributed by atoms with Gasteiger partial charge in [0.25, 0.3) is 0 Å². The van der Waals surface area contributed by atoms with Crippen molar-refractivity contribution in [3.63, 3.8) is 0 Å². The zero-order chi connectivity index (χ0) is 21.5. The zero-order valence-corrected chi connectivity index (χ0v) is 20.1. The van der Waals surface area contributed by atoms with Gasteiger partial charge in [-0.15, -0.1) is 0 Å². The molecule has 2 nitrogen and oxygen atoms in total. The standard InChI is InChI=1S/C28H51NO/c1-2-3-4-5-6-7-8-9-10-11-12-13-14-15-16-17-18-19-20-25-29-26-27-21-23-28(30)24-22-27/h21-24,29-30H,2-20,25-26H2,1H3. The molecule has 0 bridgehead atoms. The van der Waals surface area contributed by atoms with Crippen LogP contribution in [0, 0.1) is 0 Å². The lowest BCUT2D eigenvalue weighted by Crippen LogP contribution is -2.14. The second kappa shape index (κ2) is 21.2. The molecule has 1 aromatic carbocycles. The molecule has 1 aromatic rings. The van der Waals surface area contributed by atoms with Gasteiger partial charge in [0.1, 0.15) is 5.75 Å². The van der Waals surface area contributed by atoms with Crippen molar-refractivity contribution in [2.24, 2.45) is 0 Å². The molecule has 0 saturated heterocycles. The van der Waals surface area contributed by atoms with Crippen LogP contribution in [0.2, 0.25) is 0 Å². The lowest BCUT2D eigenvalue weighted by atomic mass is 10.0. The van der Waals surface area contributed by atoms with E-state index in [9.17, 15) is 5.11 Å². The van der Waals surface area contributed by atoms with Gasteiger partial charge >= 0.3 is 0 Å². The number of nitrogens with one attached hydrogen (secondary N) is 1. The van der Waals surface area contributed by atoms with E-state index in [4.69, 9.17) is 0 Å². The molecule has 0 fully saturated rings. The van der Waals surface area contributed by atoms with Crippen LogP contribution in [0.4, 0.5) is 0 Å². The highest BCUT2D eigenvalue weighted by Crippen LogP contribution is 2.14. The van der Waals surface area contributed by atoms with E-state index >= 15 is 0 Å². The fraction of sp³-hybridized carbons (Fsp3) is 0.786. The first-order chi connectivity index (χ1) is 14.8. The number of benzene rings is 1. The van der Waals surface area contributed by atoms with Crippen molar-refractivity contribution in [1.29, 1.82) is 0 Å². The maximum Gasteiger partial charge on any atom is 0.115 e. The summed E-state index contributed by atoms with van der Waals surface area (Å²) in [7, 11) is 0. The van der Waals surface area contributed by atoms with Gasteiger partial charge in [-0.3, -0.25) is 0 Å². The number of aromatic hydroxyl groups is 1. The minimum Gasteiger partial charge on any atom is -0.508 e. The molecular weight excluding hydrogens is 366 g/mol. The van der Waals surface area contributed by atoms with Crippen molar-refractivity contribution in [2.75, 3.05) is 6.54 Å². The Morgan fingerprint density at radius 2 is 0.900 bits per heavy atom. The van der Waals surface area contributed by atoms with Gasteiger partial charge in [0.05, 0.1) is 0 Å². The molecule has 0 aliphatic rings. The molecule has 30 heavy (non-hydrogen) atoms. The van der Waals surface area contributed by atoms with Crippen molar-refractivity contribution in [3.8, 4) is 5.75 Å². The third-order valence-electron chi connectivity index (χ3n) is 6.22. The van der Waals surface area contributed by atoms with Gasteiger partial charge in [-0.25, -0.2) is 0 Å². The Labute approximate surface area is 188 Å². The van der Waals surface area contributed by atoms with Crippen LogP contribution in [0.1, 0.15) is 134 Å². The SMILES string of the molecule is CCCCCCCCCCCCCCCCCCCCCNCc1ccc(O)cc1. The number of phenolic OH excluding ortho intramolecular Hbond substituents is 1. The third-order valence-corrected chi connectivity index (χ3v) is 6.22. The molecule has 0 amide bonds. The lowest BCUT2D eigenvalue weighted by Gasteiger charge is -2.06. The van der Waals surface area contributed by atoms with E-state index in [-0.39, 0.29) is 0 Å². The molecule has 0 unspecified atom stereocenters. The van der Waals surface area contributed by atoms with Crippen LogP contribution < -0.4 is 5.32 Å². The summed E-state index contributed by atoms with van der Waals surface area (Å²) >= 11 is 0. The minimum atomic E-state index is 0.345. The maximum atomic E-state index is 9.28. The number of hydrogen-bond acceptors (Lipinski definition) is 2. The van der Waals surface area contributed by atoms with E-state index < -0.39 is 0 Å². The van der Waals surface area contributed by atoms with Gasteiger partial charge in [-0.05, 0) is 30.7 Å². The Kier molecular flexibility index (Phi) is 19.1. The van der Waals surface area contributed by atoms with E-state index in [1.54, 1.807) is 12.1 Å². The number of rotatable bonds is 22. The monoisotopic (exact) mass is 417 g/mol. The topological polar surface area (TPSA) is 32.3 Å². The van der Waals surface area contributed by atoms with Crippen molar-refractivity contribution in [1.82, 2.24) is 5.32 Å². The molecule has 0 spiro atoms. The Bertz CT molecular complexity index is 456. The van der Waals surface area contributed by atoms with Crippen molar-refractivity contribution < 1.29 is 5.11 Å². The highest BCUT2D eigenvalue weighted by Gasteiger charge is 1.96. The van der Waals surface area contributed by atoms with Crippen LogP contribution >= 0.6 is 0 Å². The molecule has 0 radical (unpaired) electrons. The average molecular weight is 418 g/mol. The first-order valence-corrected chi connectivity index (χ1v) is 13.3. The fourth-order valence-corrected chi connectivity index (χ4v) is 4.17. The van der Waals surface area contributed by atoms with E-state index in [0.717, 1.165) is 13.1 Å². The van der Waals surface area contributed by atoms with Gasteiger partial charge in [0.2, 0.25) is 0 Å². The molecule has 2 heteroatoms. The van der Waals surface area contributed by atoms with E-state index in [1.165, 1.54) is 128 Å². The average Bonchev–Trinajstić information content (AvgIpc) is 2.76. The summed E-state index contributed by atoms with van der Waals surface area (Å²) < 4.78 is 0. The van der Waals surface area contributed by atoms with Crippen LogP contribution in [0.25, 0.3) is 0 Å². The molecule has 0 aliphatic heterocycles. The van der Waals surface area contributed by atoms with Crippen LogP contribution in [0.3, 0.4) is 0 Å². The Morgan fingerprint density at radius 1 is 0.533 bits per heavy atom.